The molecule has 0 saturated heterocycles. The van der Waals surface area contributed by atoms with Crippen LogP contribution in [0.2, 0.25) is 0 Å². The van der Waals surface area contributed by atoms with Crippen LogP contribution in [0.1, 0.15) is 47.0 Å². The van der Waals surface area contributed by atoms with Gasteiger partial charge in [0.1, 0.15) is 6.04 Å². The van der Waals surface area contributed by atoms with Crippen LogP contribution in [0.15, 0.2) is 0 Å². The van der Waals surface area contributed by atoms with Crippen molar-refractivity contribution >= 4 is 11.8 Å². The molecule has 2 unspecified atom stereocenters. The highest BCUT2D eigenvalue weighted by molar-refractivity contribution is 5.87. The summed E-state index contributed by atoms with van der Waals surface area (Å²) in [5, 5.41) is 2.71. The lowest BCUT2D eigenvalue weighted by atomic mass is 10.1. The Morgan fingerprint density at radius 3 is 2.22 bits per heavy atom. The van der Waals surface area contributed by atoms with Crippen molar-refractivity contribution in [2.24, 2.45) is 5.73 Å². The Labute approximate surface area is 110 Å². The van der Waals surface area contributed by atoms with Gasteiger partial charge in [-0.3, -0.25) is 9.59 Å². The molecule has 2 amide bonds. The first-order valence-corrected chi connectivity index (χ1v) is 6.79. The molecule has 5 nitrogen and oxygen atoms in total. The van der Waals surface area contributed by atoms with Gasteiger partial charge < -0.3 is 16.0 Å². The van der Waals surface area contributed by atoms with Gasteiger partial charge in [-0.15, -0.1) is 0 Å². The van der Waals surface area contributed by atoms with Crippen LogP contribution in [0.5, 0.6) is 0 Å². The lowest BCUT2D eigenvalue weighted by Crippen LogP contribution is -2.47. The van der Waals surface area contributed by atoms with Crippen LogP contribution in [0, 0.1) is 0 Å². The topological polar surface area (TPSA) is 75.4 Å². The molecule has 18 heavy (non-hydrogen) atoms. The molecular weight excluding hydrogens is 230 g/mol. The van der Waals surface area contributed by atoms with E-state index in [4.69, 9.17) is 5.73 Å². The lowest BCUT2D eigenvalue weighted by Gasteiger charge is -2.23. The van der Waals surface area contributed by atoms with Crippen molar-refractivity contribution in [1.29, 1.82) is 0 Å². The lowest BCUT2D eigenvalue weighted by molar-refractivity contribution is -0.135. The van der Waals surface area contributed by atoms with Crippen molar-refractivity contribution in [3.05, 3.63) is 0 Å². The summed E-state index contributed by atoms with van der Waals surface area (Å²) >= 11 is 0. The number of hydrogen-bond acceptors (Lipinski definition) is 3. The molecule has 5 heteroatoms. The van der Waals surface area contributed by atoms with Gasteiger partial charge in [-0.25, -0.2) is 0 Å². The maximum atomic E-state index is 11.9. The molecule has 0 aliphatic rings. The van der Waals surface area contributed by atoms with Crippen LogP contribution in [0.25, 0.3) is 0 Å². The number of carbonyl (C=O) groups is 2. The molecule has 0 saturated carbocycles. The van der Waals surface area contributed by atoms with E-state index < -0.39 is 6.04 Å². The fourth-order valence-electron chi connectivity index (χ4n) is 1.88. The number of amides is 2. The number of nitrogens with one attached hydrogen (secondary N) is 1. The van der Waals surface area contributed by atoms with E-state index in [1.54, 1.807) is 11.8 Å². The second-order valence-electron chi connectivity index (χ2n) is 4.55. The van der Waals surface area contributed by atoms with Crippen molar-refractivity contribution in [2.45, 2.75) is 59.0 Å². The Balaban J connectivity index is 4.18. The molecule has 0 bridgehead atoms. The minimum absolute atomic E-state index is 0.0441. The summed E-state index contributed by atoms with van der Waals surface area (Å²) in [5.41, 5.74) is 5.79. The summed E-state index contributed by atoms with van der Waals surface area (Å²) in [6.07, 6.45) is 2.07. The van der Waals surface area contributed by atoms with Crippen molar-refractivity contribution in [3.63, 3.8) is 0 Å². The summed E-state index contributed by atoms with van der Waals surface area (Å²) in [6, 6.07) is -0.600. The average molecular weight is 257 g/mol. The third-order valence-electron chi connectivity index (χ3n) is 2.93. The van der Waals surface area contributed by atoms with Crippen LogP contribution in [0.4, 0.5) is 0 Å². The predicted molar refractivity (Wildman–Crippen MR) is 73.0 cm³/mol. The minimum atomic E-state index is -0.480. The number of likely N-dealkylation sites (N-methyl/N-ethyl adjacent to an activating group) is 1. The Morgan fingerprint density at radius 1 is 1.22 bits per heavy atom. The number of rotatable bonds is 8. The highest BCUT2D eigenvalue weighted by Gasteiger charge is 2.20. The maximum absolute atomic E-state index is 11.9. The third-order valence-corrected chi connectivity index (χ3v) is 2.93. The predicted octanol–water partition coefficient (Wildman–Crippen LogP) is 0.877. The molecule has 2 atom stereocenters. The van der Waals surface area contributed by atoms with Crippen LogP contribution in [0.3, 0.4) is 0 Å². The Hall–Kier alpha value is -1.10. The summed E-state index contributed by atoms with van der Waals surface area (Å²) in [4.78, 5) is 25.3. The third kappa shape index (κ3) is 6.00. The van der Waals surface area contributed by atoms with Gasteiger partial charge in [0, 0.05) is 25.6 Å². The van der Waals surface area contributed by atoms with E-state index in [1.165, 1.54) is 0 Å². The smallest absolute Gasteiger partial charge is 0.244 e. The van der Waals surface area contributed by atoms with Gasteiger partial charge in [0.25, 0.3) is 0 Å². The largest absolute Gasteiger partial charge is 0.345 e. The molecule has 0 aliphatic heterocycles. The van der Waals surface area contributed by atoms with E-state index in [9.17, 15) is 9.59 Å². The zero-order chi connectivity index (χ0) is 14.1. The van der Waals surface area contributed by atoms with Gasteiger partial charge in [0.05, 0.1) is 0 Å². The first-order chi connectivity index (χ1) is 8.46. The zero-order valence-corrected chi connectivity index (χ0v) is 12.0. The van der Waals surface area contributed by atoms with Gasteiger partial charge >= 0.3 is 0 Å². The van der Waals surface area contributed by atoms with Gasteiger partial charge in [-0.1, -0.05) is 13.3 Å². The quantitative estimate of drug-likeness (QED) is 0.677. The fourth-order valence-corrected chi connectivity index (χ4v) is 1.88. The average Bonchev–Trinajstić information content (AvgIpc) is 2.30. The standard InChI is InChI=1S/C13H27N3O2/c1-5-8-11(14)9-12(17)15-10(4)13(18)16(6-2)7-3/h10-11H,5-9,14H2,1-4H3,(H,15,17). The molecule has 0 aromatic carbocycles. The van der Waals surface area contributed by atoms with Gasteiger partial charge in [0.15, 0.2) is 0 Å². The van der Waals surface area contributed by atoms with E-state index in [0.717, 1.165) is 12.8 Å². The zero-order valence-electron chi connectivity index (χ0n) is 12.0. The van der Waals surface area contributed by atoms with E-state index in [-0.39, 0.29) is 24.3 Å². The van der Waals surface area contributed by atoms with Crippen molar-refractivity contribution in [1.82, 2.24) is 10.2 Å². The number of nitrogens with two attached hydrogens (primary N) is 1. The van der Waals surface area contributed by atoms with E-state index in [1.807, 2.05) is 20.8 Å². The van der Waals surface area contributed by atoms with E-state index >= 15 is 0 Å². The molecule has 3 N–H and O–H groups in total. The molecule has 0 aromatic heterocycles. The first-order valence-electron chi connectivity index (χ1n) is 6.79. The number of nitrogens with zero attached hydrogens (tertiary/aromatic N) is 1. The van der Waals surface area contributed by atoms with Crippen molar-refractivity contribution in [2.75, 3.05) is 13.1 Å². The molecule has 0 rings (SSSR count). The fraction of sp³-hybridized carbons (Fsp3) is 0.846. The second-order valence-corrected chi connectivity index (χ2v) is 4.55. The minimum Gasteiger partial charge on any atom is -0.345 e. The van der Waals surface area contributed by atoms with Crippen LogP contribution in [-0.4, -0.2) is 41.9 Å². The van der Waals surface area contributed by atoms with Crippen LogP contribution < -0.4 is 11.1 Å². The highest BCUT2D eigenvalue weighted by Crippen LogP contribution is 2.00. The Bertz CT molecular complexity index is 265. The molecule has 0 fully saturated rings. The Kier molecular flexibility index (Phi) is 8.37. The number of carbonyl (C=O) groups excluding carboxylic acids is 2. The Morgan fingerprint density at radius 2 is 1.78 bits per heavy atom. The van der Waals surface area contributed by atoms with E-state index in [0.29, 0.717) is 13.1 Å². The molecule has 0 aromatic rings. The summed E-state index contributed by atoms with van der Waals surface area (Å²) in [7, 11) is 0. The first kappa shape index (κ1) is 16.9. The molecule has 106 valence electrons. The normalized spacial score (nSPS) is 13.8. The van der Waals surface area contributed by atoms with Gasteiger partial charge in [0.2, 0.25) is 11.8 Å². The SMILES string of the molecule is CCCC(N)CC(=O)NC(C)C(=O)N(CC)CC. The molecule has 0 spiro atoms. The maximum Gasteiger partial charge on any atom is 0.244 e. The number of hydrogen-bond donors (Lipinski definition) is 2. The highest BCUT2D eigenvalue weighted by atomic mass is 16.2. The van der Waals surface area contributed by atoms with Gasteiger partial charge in [-0.2, -0.15) is 0 Å². The second kappa shape index (κ2) is 8.91. The summed E-state index contributed by atoms with van der Waals surface area (Å²) < 4.78 is 0. The summed E-state index contributed by atoms with van der Waals surface area (Å²) in [6.45, 7) is 8.91. The van der Waals surface area contributed by atoms with Crippen molar-refractivity contribution in [3.8, 4) is 0 Å². The van der Waals surface area contributed by atoms with Crippen LogP contribution >= 0.6 is 0 Å². The van der Waals surface area contributed by atoms with Crippen LogP contribution in [-0.2, 0) is 9.59 Å². The van der Waals surface area contributed by atoms with Crippen molar-refractivity contribution < 1.29 is 9.59 Å². The van der Waals surface area contributed by atoms with E-state index in [2.05, 4.69) is 5.32 Å². The monoisotopic (exact) mass is 257 g/mol. The molecular formula is C13H27N3O2. The molecule has 0 aliphatic carbocycles. The van der Waals surface area contributed by atoms with Gasteiger partial charge in [-0.05, 0) is 27.2 Å². The molecule has 0 heterocycles. The summed E-state index contributed by atoms with van der Waals surface area (Å²) in [5.74, 6) is -0.193. The molecule has 0 radical (unpaired) electrons.